The van der Waals surface area contributed by atoms with Crippen molar-refractivity contribution in [2.24, 2.45) is 4.99 Å². The first-order valence-electron chi connectivity index (χ1n) is 7.78. The average Bonchev–Trinajstić information content (AvgIpc) is 2.61. The highest BCUT2D eigenvalue weighted by molar-refractivity contribution is 6.30. The Balaban J connectivity index is 1.72. The first-order valence-corrected chi connectivity index (χ1v) is 8.15. The van der Waals surface area contributed by atoms with Gasteiger partial charge in [-0.15, -0.1) is 0 Å². The molecule has 0 atom stereocenters. The van der Waals surface area contributed by atoms with Gasteiger partial charge in [0.25, 0.3) is 0 Å². The second-order valence-corrected chi connectivity index (χ2v) is 5.98. The smallest absolute Gasteiger partial charge is 0.128 e. The molecule has 3 aromatic carbocycles. The molecule has 120 valence electrons. The summed E-state index contributed by atoms with van der Waals surface area (Å²) < 4.78 is 5.94. The van der Waals surface area contributed by atoms with Gasteiger partial charge in [-0.1, -0.05) is 53.6 Å². The predicted octanol–water partition coefficient (Wildman–Crippen LogP) is 5.98. The number of aliphatic imine (C=N–C) groups is 1. The van der Waals surface area contributed by atoms with E-state index in [9.17, 15) is 0 Å². The van der Waals surface area contributed by atoms with Gasteiger partial charge in [-0.25, -0.2) is 0 Å². The lowest BCUT2D eigenvalue weighted by atomic mass is 10.2. The van der Waals surface area contributed by atoms with Gasteiger partial charge < -0.3 is 4.74 Å². The second kappa shape index (κ2) is 7.80. The molecular formula is C21H18ClNO. The molecule has 0 bridgehead atoms. The molecule has 0 saturated heterocycles. The van der Waals surface area contributed by atoms with Crippen LogP contribution < -0.4 is 4.74 Å². The second-order valence-electron chi connectivity index (χ2n) is 5.55. The molecule has 3 aromatic rings. The molecule has 0 fully saturated rings. The molecular weight excluding hydrogens is 318 g/mol. The molecule has 0 amide bonds. The maximum Gasteiger partial charge on any atom is 0.128 e. The van der Waals surface area contributed by atoms with Crippen molar-refractivity contribution >= 4 is 23.5 Å². The first-order chi connectivity index (χ1) is 11.7. The third kappa shape index (κ3) is 4.46. The van der Waals surface area contributed by atoms with Gasteiger partial charge in [-0.3, -0.25) is 4.99 Å². The normalized spacial score (nSPS) is 10.9. The molecule has 0 saturated carbocycles. The van der Waals surface area contributed by atoms with Crippen LogP contribution in [0.1, 0.15) is 16.7 Å². The van der Waals surface area contributed by atoms with E-state index in [1.165, 1.54) is 5.56 Å². The van der Waals surface area contributed by atoms with E-state index in [4.69, 9.17) is 16.3 Å². The van der Waals surface area contributed by atoms with E-state index in [0.29, 0.717) is 6.61 Å². The van der Waals surface area contributed by atoms with Crippen LogP contribution in [0.4, 0.5) is 5.69 Å². The van der Waals surface area contributed by atoms with Crippen LogP contribution >= 0.6 is 11.6 Å². The van der Waals surface area contributed by atoms with E-state index in [0.717, 1.165) is 27.6 Å². The van der Waals surface area contributed by atoms with E-state index in [2.05, 4.69) is 24.0 Å². The average molecular weight is 336 g/mol. The van der Waals surface area contributed by atoms with Gasteiger partial charge in [-0.2, -0.15) is 0 Å². The fraction of sp³-hybridized carbons (Fsp3) is 0.0952. The number of para-hydroxylation sites is 1. The van der Waals surface area contributed by atoms with Crippen molar-refractivity contribution in [3.05, 3.63) is 94.5 Å². The third-order valence-electron chi connectivity index (χ3n) is 3.61. The van der Waals surface area contributed by atoms with Crippen molar-refractivity contribution in [2.45, 2.75) is 13.5 Å². The largest absolute Gasteiger partial charge is 0.488 e. The Labute approximate surface area is 147 Å². The SMILES string of the molecule is Cc1ccc(N=Cc2ccccc2OCc2ccc(Cl)cc2)cc1. The Morgan fingerprint density at radius 3 is 2.38 bits per heavy atom. The molecule has 0 heterocycles. The van der Waals surface area contributed by atoms with Crippen molar-refractivity contribution in [1.29, 1.82) is 0 Å². The fourth-order valence-corrected chi connectivity index (χ4v) is 2.36. The van der Waals surface area contributed by atoms with Crippen LogP contribution in [-0.2, 0) is 6.61 Å². The highest BCUT2D eigenvalue weighted by Gasteiger charge is 2.02. The van der Waals surface area contributed by atoms with Gasteiger partial charge in [0.2, 0.25) is 0 Å². The van der Waals surface area contributed by atoms with E-state index in [-0.39, 0.29) is 0 Å². The maximum atomic E-state index is 5.94. The molecule has 0 aliphatic rings. The van der Waals surface area contributed by atoms with Crippen molar-refractivity contribution in [1.82, 2.24) is 0 Å². The molecule has 2 nitrogen and oxygen atoms in total. The van der Waals surface area contributed by atoms with Gasteiger partial charge in [0.15, 0.2) is 0 Å². The molecule has 24 heavy (non-hydrogen) atoms. The molecule has 0 unspecified atom stereocenters. The number of rotatable bonds is 5. The Morgan fingerprint density at radius 2 is 1.62 bits per heavy atom. The van der Waals surface area contributed by atoms with Crippen LogP contribution in [0.25, 0.3) is 0 Å². The van der Waals surface area contributed by atoms with Crippen molar-refractivity contribution in [2.75, 3.05) is 0 Å². The molecule has 3 rings (SSSR count). The summed E-state index contributed by atoms with van der Waals surface area (Å²) in [5, 5.41) is 0.726. The zero-order valence-corrected chi connectivity index (χ0v) is 14.2. The van der Waals surface area contributed by atoms with E-state index in [1.54, 1.807) is 0 Å². The number of hydrogen-bond acceptors (Lipinski definition) is 2. The quantitative estimate of drug-likeness (QED) is 0.526. The number of ether oxygens (including phenoxy) is 1. The van der Waals surface area contributed by atoms with Crippen molar-refractivity contribution in [3.63, 3.8) is 0 Å². The zero-order chi connectivity index (χ0) is 16.8. The Bertz CT molecular complexity index is 823. The minimum atomic E-state index is 0.493. The van der Waals surface area contributed by atoms with Gasteiger partial charge in [-0.05, 0) is 48.9 Å². The van der Waals surface area contributed by atoms with Gasteiger partial charge >= 0.3 is 0 Å². The van der Waals surface area contributed by atoms with Crippen molar-refractivity contribution < 1.29 is 4.74 Å². The molecule has 0 aliphatic heterocycles. The van der Waals surface area contributed by atoms with Crippen LogP contribution in [0.2, 0.25) is 5.02 Å². The summed E-state index contributed by atoms with van der Waals surface area (Å²) in [5.74, 6) is 0.809. The number of halogens is 1. The topological polar surface area (TPSA) is 21.6 Å². The monoisotopic (exact) mass is 335 g/mol. The summed E-state index contributed by atoms with van der Waals surface area (Å²) >= 11 is 5.91. The number of hydrogen-bond donors (Lipinski definition) is 0. The molecule has 0 aromatic heterocycles. The summed E-state index contributed by atoms with van der Waals surface area (Å²) in [6.07, 6.45) is 1.84. The van der Waals surface area contributed by atoms with E-state index < -0.39 is 0 Å². The summed E-state index contributed by atoms with van der Waals surface area (Å²) in [4.78, 5) is 4.52. The summed E-state index contributed by atoms with van der Waals surface area (Å²) in [7, 11) is 0. The zero-order valence-electron chi connectivity index (χ0n) is 13.4. The lowest BCUT2D eigenvalue weighted by Gasteiger charge is -2.09. The summed E-state index contributed by atoms with van der Waals surface area (Å²) in [6.45, 7) is 2.56. The molecule has 3 heteroatoms. The van der Waals surface area contributed by atoms with E-state index >= 15 is 0 Å². The van der Waals surface area contributed by atoms with Crippen LogP contribution in [0, 0.1) is 6.92 Å². The Morgan fingerprint density at radius 1 is 0.917 bits per heavy atom. The highest BCUT2D eigenvalue weighted by Crippen LogP contribution is 2.20. The summed E-state index contributed by atoms with van der Waals surface area (Å²) in [5.41, 5.74) is 4.17. The Kier molecular flexibility index (Phi) is 5.29. The number of aryl methyl sites for hydroxylation is 1. The minimum Gasteiger partial charge on any atom is -0.488 e. The first kappa shape index (κ1) is 16.3. The Hall–Kier alpha value is -2.58. The van der Waals surface area contributed by atoms with Gasteiger partial charge in [0.05, 0.1) is 5.69 Å². The predicted molar refractivity (Wildman–Crippen MR) is 101 cm³/mol. The lowest BCUT2D eigenvalue weighted by molar-refractivity contribution is 0.306. The lowest BCUT2D eigenvalue weighted by Crippen LogP contribution is -1.98. The standard InChI is InChI=1S/C21H18ClNO/c1-16-6-12-20(13-7-16)23-14-18-4-2-3-5-21(18)24-15-17-8-10-19(22)11-9-17/h2-14H,15H2,1H3. The molecule has 0 radical (unpaired) electrons. The van der Waals surface area contributed by atoms with Crippen LogP contribution in [0.15, 0.2) is 77.8 Å². The van der Waals surface area contributed by atoms with E-state index in [1.807, 2.05) is 66.9 Å². The maximum absolute atomic E-state index is 5.94. The number of benzene rings is 3. The fourth-order valence-electron chi connectivity index (χ4n) is 2.24. The molecule has 0 spiro atoms. The van der Waals surface area contributed by atoms with Crippen molar-refractivity contribution in [3.8, 4) is 5.75 Å². The highest BCUT2D eigenvalue weighted by atomic mass is 35.5. The van der Waals surface area contributed by atoms with Crippen LogP contribution in [-0.4, -0.2) is 6.21 Å². The van der Waals surface area contributed by atoms with Gasteiger partial charge in [0, 0.05) is 16.8 Å². The summed E-state index contributed by atoms with van der Waals surface area (Å²) in [6, 6.07) is 23.7. The minimum absolute atomic E-state index is 0.493. The van der Waals surface area contributed by atoms with Gasteiger partial charge in [0.1, 0.15) is 12.4 Å². The van der Waals surface area contributed by atoms with Crippen LogP contribution in [0.5, 0.6) is 5.75 Å². The molecule has 0 N–H and O–H groups in total. The third-order valence-corrected chi connectivity index (χ3v) is 3.87. The van der Waals surface area contributed by atoms with Crippen LogP contribution in [0.3, 0.4) is 0 Å². The number of nitrogens with zero attached hydrogens (tertiary/aromatic N) is 1. The molecule has 0 aliphatic carbocycles.